The Morgan fingerprint density at radius 1 is 1.15 bits per heavy atom. The molecule has 3 unspecified atom stereocenters. The van der Waals surface area contributed by atoms with Crippen LogP contribution in [0.3, 0.4) is 0 Å². The number of hydrogen-bond acceptors (Lipinski definition) is 4. The monoisotopic (exact) mass is 296 g/mol. The van der Waals surface area contributed by atoms with Crippen LogP contribution in [0, 0.1) is 5.92 Å². The van der Waals surface area contributed by atoms with Crippen molar-refractivity contribution in [1.29, 1.82) is 0 Å². The SMILES string of the molecule is COc1cc(Cl)c(NC2CCN3CCC2C3)cc1OC. The van der Waals surface area contributed by atoms with Crippen molar-refractivity contribution < 1.29 is 9.47 Å². The molecule has 0 amide bonds. The highest BCUT2D eigenvalue weighted by atomic mass is 35.5. The Morgan fingerprint density at radius 2 is 1.85 bits per heavy atom. The van der Waals surface area contributed by atoms with Crippen molar-refractivity contribution in [2.24, 2.45) is 5.92 Å². The van der Waals surface area contributed by atoms with Gasteiger partial charge in [-0.2, -0.15) is 0 Å². The number of ether oxygens (including phenoxy) is 2. The van der Waals surface area contributed by atoms with E-state index in [0.29, 0.717) is 22.6 Å². The molecule has 2 bridgehead atoms. The van der Waals surface area contributed by atoms with Crippen LogP contribution in [0.4, 0.5) is 5.69 Å². The summed E-state index contributed by atoms with van der Waals surface area (Å²) in [7, 11) is 3.26. The average Bonchev–Trinajstić information content (AvgIpc) is 2.86. The van der Waals surface area contributed by atoms with Gasteiger partial charge in [-0.3, -0.25) is 0 Å². The highest BCUT2D eigenvalue weighted by molar-refractivity contribution is 6.33. The normalized spacial score (nSPS) is 28.2. The van der Waals surface area contributed by atoms with Crippen molar-refractivity contribution in [2.45, 2.75) is 18.9 Å². The van der Waals surface area contributed by atoms with E-state index < -0.39 is 0 Å². The number of halogens is 1. The largest absolute Gasteiger partial charge is 0.493 e. The van der Waals surface area contributed by atoms with E-state index in [-0.39, 0.29) is 0 Å². The molecule has 110 valence electrons. The summed E-state index contributed by atoms with van der Waals surface area (Å²) in [5.41, 5.74) is 0.940. The number of hydrogen-bond donors (Lipinski definition) is 1. The van der Waals surface area contributed by atoms with E-state index in [1.165, 1.54) is 32.5 Å². The summed E-state index contributed by atoms with van der Waals surface area (Å²) in [6, 6.07) is 4.25. The van der Waals surface area contributed by atoms with E-state index in [1.54, 1.807) is 14.2 Å². The molecule has 2 aliphatic heterocycles. The average molecular weight is 297 g/mol. The maximum Gasteiger partial charge on any atom is 0.162 e. The summed E-state index contributed by atoms with van der Waals surface area (Å²) < 4.78 is 10.6. The smallest absolute Gasteiger partial charge is 0.162 e. The third kappa shape index (κ3) is 2.54. The zero-order chi connectivity index (χ0) is 14.1. The van der Waals surface area contributed by atoms with Gasteiger partial charge in [0.15, 0.2) is 11.5 Å². The fourth-order valence-electron chi connectivity index (χ4n) is 3.31. The van der Waals surface area contributed by atoms with Gasteiger partial charge in [-0.1, -0.05) is 11.6 Å². The van der Waals surface area contributed by atoms with E-state index in [4.69, 9.17) is 21.1 Å². The van der Waals surface area contributed by atoms with Crippen LogP contribution in [-0.4, -0.2) is 44.8 Å². The standard InChI is InChI=1S/C15H21ClN2O2/c1-19-14-7-11(16)13(8-15(14)20-2)17-12-4-6-18-5-3-10(12)9-18/h7-8,10,12,17H,3-6,9H2,1-2H3. The molecule has 20 heavy (non-hydrogen) atoms. The minimum atomic E-state index is 0.504. The van der Waals surface area contributed by atoms with E-state index in [0.717, 1.165) is 11.6 Å². The summed E-state index contributed by atoms with van der Waals surface area (Å²) in [5.74, 6) is 2.11. The van der Waals surface area contributed by atoms with E-state index in [2.05, 4.69) is 10.2 Å². The third-order valence-corrected chi connectivity index (χ3v) is 4.76. The lowest BCUT2D eigenvalue weighted by molar-refractivity contribution is 0.255. The highest BCUT2D eigenvalue weighted by Crippen LogP contribution is 2.38. The Balaban J connectivity index is 1.79. The minimum absolute atomic E-state index is 0.504. The topological polar surface area (TPSA) is 33.7 Å². The lowest BCUT2D eigenvalue weighted by Gasteiger charge is -2.32. The van der Waals surface area contributed by atoms with Gasteiger partial charge in [0, 0.05) is 31.3 Å². The molecule has 2 aliphatic rings. The quantitative estimate of drug-likeness (QED) is 0.926. The van der Waals surface area contributed by atoms with Gasteiger partial charge in [-0.05, 0) is 25.3 Å². The van der Waals surface area contributed by atoms with Crippen LogP contribution < -0.4 is 14.8 Å². The van der Waals surface area contributed by atoms with Gasteiger partial charge in [0.2, 0.25) is 0 Å². The molecule has 1 aromatic rings. The van der Waals surface area contributed by atoms with Crippen LogP contribution in [0.2, 0.25) is 5.02 Å². The molecule has 3 rings (SSSR count). The van der Waals surface area contributed by atoms with E-state index in [1.807, 2.05) is 12.1 Å². The molecule has 5 heteroatoms. The fourth-order valence-corrected chi connectivity index (χ4v) is 3.51. The first-order valence-electron chi connectivity index (χ1n) is 7.11. The zero-order valence-corrected chi connectivity index (χ0v) is 12.7. The molecule has 0 radical (unpaired) electrons. The van der Waals surface area contributed by atoms with Crippen LogP contribution in [-0.2, 0) is 0 Å². The molecule has 2 heterocycles. The third-order valence-electron chi connectivity index (χ3n) is 4.45. The Hall–Kier alpha value is -1.13. The first kappa shape index (κ1) is 13.8. The summed E-state index contributed by atoms with van der Waals surface area (Å²) in [6.07, 6.45) is 2.46. The van der Waals surface area contributed by atoms with E-state index in [9.17, 15) is 0 Å². The number of nitrogens with zero attached hydrogens (tertiary/aromatic N) is 1. The Bertz CT molecular complexity index is 495. The van der Waals surface area contributed by atoms with Crippen LogP contribution >= 0.6 is 11.6 Å². The molecule has 3 atom stereocenters. The van der Waals surface area contributed by atoms with Gasteiger partial charge < -0.3 is 19.7 Å². The van der Waals surface area contributed by atoms with Gasteiger partial charge in [-0.15, -0.1) is 0 Å². The maximum atomic E-state index is 6.35. The summed E-state index contributed by atoms with van der Waals surface area (Å²) in [4.78, 5) is 2.54. The molecule has 0 aromatic heterocycles. The maximum absolute atomic E-state index is 6.35. The zero-order valence-electron chi connectivity index (χ0n) is 12.0. The van der Waals surface area contributed by atoms with Crippen LogP contribution in [0.5, 0.6) is 11.5 Å². The van der Waals surface area contributed by atoms with Gasteiger partial charge in [0.05, 0.1) is 24.9 Å². The Kier molecular flexibility index (Phi) is 3.94. The number of rotatable bonds is 4. The molecule has 0 spiro atoms. The minimum Gasteiger partial charge on any atom is -0.493 e. The molecular weight excluding hydrogens is 276 g/mol. The van der Waals surface area contributed by atoms with Crippen molar-refractivity contribution >= 4 is 17.3 Å². The molecule has 0 aliphatic carbocycles. The second-order valence-electron chi connectivity index (χ2n) is 5.58. The predicted octanol–water partition coefficient (Wildman–Crippen LogP) is 2.86. The molecule has 1 aromatic carbocycles. The lowest BCUT2D eigenvalue weighted by atomic mass is 9.94. The van der Waals surface area contributed by atoms with Crippen molar-refractivity contribution in [3.8, 4) is 11.5 Å². The number of piperidine rings is 1. The van der Waals surface area contributed by atoms with Crippen molar-refractivity contribution in [3.05, 3.63) is 17.2 Å². The Morgan fingerprint density at radius 3 is 2.60 bits per heavy atom. The number of nitrogens with one attached hydrogen (secondary N) is 1. The van der Waals surface area contributed by atoms with Gasteiger partial charge in [-0.25, -0.2) is 0 Å². The fraction of sp³-hybridized carbons (Fsp3) is 0.600. The van der Waals surface area contributed by atoms with Crippen molar-refractivity contribution in [1.82, 2.24) is 4.90 Å². The summed E-state index contributed by atoms with van der Waals surface area (Å²) in [6.45, 7) is 3.63. The second-order valence-corrected chi connectivity index (χ2v) is 5.98. The molecule has 2 fully saturated rings. The van der Waals surface area contributed by atoms with Crippen molar-refractivity contribution in [2.75, 3.05) is 39.2 Å². The van der Waals surface area contributed by atoms with Crippen LogP contribution in [0.25, 0.3) is 0 Å². The Labute approximate surface area is 125 Å². The second kappa shape index (κ2) is 5.70. The molecule has 0 saturated carbocycles. The number of methoxy groups -OCH3 is 2. The van der Waals surface area contributed by atoms with Crippen LogP contribution in [0.1, 0.15) is 12.8 Å². The molecule has 1 N–H and O–H groups in total. The first-order valence-corrected chi connectivity index (χ1v) is 7.49. The number of benzene rings is 1. The summed E-state index contributed by atoms with van der Waals surface area (Å²) in [5, 5.41) is 4.29. The van der Waals surface area contributed by atoms with Crippen LogP contribution in [0.15, 0.2) is 12.1 Å². The number of fused-ring (bicyclic) bond motifs is 2. The first-order chi connectivity index (χ1) is 9.71. The predicted molar refractivity (Wildman–Crippen MR) is 81.1 cm³/mol. The number of anilines is 1. The molecular formula is C15H21ClN2O2. The van der Waals surface area contributed by atoms with Gasteiger partial charge in [0.25, 0.3) is 0 Å². The molecule has 2 saturated heterocycles. The van der Waals surface area contributed by atoms with Gasteiger partial charge in [0.1, 0.15) is 0 Å². The molecule has 4 nitrogen and oxygen atoms in total. The lowest BCUT2D eigenvalue weighted by Crippen LogP contribution is -2.39. The highest BCUT2D eigenvalue weighted by Gasteiger charge is 2.34. The van der Waals surface area contributed by atoms with Crippen molar-refractivity contribution in [3.63, 3.8) is 0 Å². The summed E-state index contributed by atoms with van der Waals surface area (Å²) >= 11 is 6.35. The van der Waals surface area contributed by atoms with Gasteiger partial charge >= 0.3 is 0 Å². The van der Waals surface area contributed by atoms with E-state index >= 15 is 0 Å².